The van der Waals surface area contributed by atoms with Crippen LogP contribution in [-0.4, -0.2) is 24.4 Å². The van der Waals surface area contributed by atoms with Crippen LogP contribution >= 0.6 is 12.6 Å². The van der Waals surface area contributed by atoms with Crippen molar-refractivity contribution in [2.45, 2.75) is 51.7 Å². The van der Waals surface area contributed by atoms with Gasteiger partial charge in [-0.15, -0.1) is 0 Å². The molecule has 2 amide bonds. The van der Waals surface area contributed by atoms with Crippen LogP contribution in [0, 0.1) is 0 Å². The third-order valence-electron chi connectivity index (χ3n) is 6.30. The monoisotopic (exact) mass is 475 g/mol. The molecule has 4 rings (SSSR count). The van der Waals surface area contributed by atoms with Crippen LogP contribution in [0.15, 0.2) is 48.5 Å². The molecule has 0 saturated carbocycles. The average Bonchev–Trinajstić information content (AvgIpc) is 3.16. The van der Waals surface area contributed by atoms with Gasteiger partial charge >= 0.3 is 5.97 Å². The van der Waals surface area contributed by atoms with E-state index in [1.165, 1.54) is 4.90 Å². The molecule has 1 aromatic rings. The Kier molecular flexibility index (Phi) is 7.37. The number of thiol groups is 1. The number of hydrogen-bond acceptors (Lipinski definition) is 5. The van der Waals surface area contributed by atoms with Crippen LogP contribution in [0.1, 0.15) is 81.7 Å². The fourth-order valence-corrected chi connectivity index (χ4v) is 4.85. The Morgan fingerprint density at radius 1 is 0.853 bits per heavy atom. The zero-order valence-electron chi connectivity index (χ0n) is 19.6. The van der Waals surface area contributed by atoms with E-state index >= 15 is 0 Å². The molecule has 0 radical (unpaired) electrons. The van der Waals surface area contributed by atoms with Gasteiger partial charge in [0.25, 0.3) is 11.8 Å². The van der Waals surface area contributed by atoms with E-state index in [9.17, 15) is 14.4 Å². The summed E-state index contributed by atoms with van der Waals surface area (Å²) in [5.74, 6) is -0.783. The van der Waals surface area contributed by atoms with Crippen molar-refractivity contribution in [1.82, 2.24) is 0 Å². The summed E-state index contributed by atoms with van der Waals surface area (Å²) in [5, 5.41) is 0. The van der Waals surface area contributed by atoms with Crippen LogP contribution in [0.25, 0.3) is 11.1 Å². The van der Waals surface area contributed by atoms with E-state index in [2.05, 4.69) is 19.6 Å². The highest BCUT2D eigenvalue weighted by atomic mass is 32.1. The van der Waals surface area contributed by atoms with Gasteiger partial charge in [-0.05, 0) is 54.2 Å². The fraction of sp³-hybridized carbons (Fsp3) is 0.321. The normalized spacial score (nSPS) is 13.0. The van der Waals surface area contributed by atoms with E-state index in [0.717, 1.165) is 42.4 Å². The van der Waals surface area contributed by atoms with Gasteiger partial charge < -0.3 is 4.74 Å². The first-order valence-electron chi connectivity index (χ1n) is 11.9. The van der Waals surface area contributed by atoms with Crippen LogP contribution in [0.5, 0.6) is 0 Å². The summed E-state index contributed by atoms with van der Waals surface area (Å²) in [7, 11) is 0. The second-order valence-corrected chi connectivity index (χ2v) is 8.77. The number of rotatable bonds is 9. The van der Waals surface area contributed by atoms with Crippen molar-refractivity contribution in [3.63, 3.8) is 0 Å². The predicted molar refractivity (Wildman–Crippen MR) is 137 cm³/mol. The molecule has 0 fully saturated rings. The molecule has 0 aromatic heterocycles. The number of esters is 1. The molecular weight excluding hydrogens is 446 g/mol. The van der Waals surface area contributed by atoms with Crippen molar-refractivity contribution < 1.29 is 19.1 Å². The van der Waals surface area contributed by atoms with Crippen LogP contribution in [0.3, 0.4) is 0 Å². The lowest BCUT2D eigenvalue weighted by Gasteiger charge is -2.18. The Morgan fingerprint density at radius 3 is 2.09 bits per heavy atom. The Morgan fingerprint density at radius 2 is 1.50 bits per heavy atom. The van der Waals surface area contributed by atoms with Crippen molar-refractivity contribution >= 4 is 36.1 Å². The summed E-state index contributed by atoms with van der Waals surface area (Å²) in [6.07, 6.45) is 4.77. The number of anilines is 1. The van der Waals surface area contributed by atoms with Gasteiger partial charge in [0, 0.05) is 5.75 Å². The van der Waals surface area contributed by atoms with Crippen molar-refractivity contribution in [2.75, 3.05) is 11.5 Å². The van der Waals surface area contributed by atoms with Gasteiger partial charge in [-0.2, -0.15) is 12.6 Å². The first-order chi connectivity index (χ1) is 16.5. The number of carbonyl (C=O) groups is 3. The number of amides is 2. The van der Waals surface area contributed by atoms with E-state index in [1.807, 2.05) is 24.3 Å². The van der Waals surface area contributed by atoms with E-state index in [4.69, 9.17) is 4.74 Å². The molecule has 0 spiro atoms. The number of carbonyl (C=O) groups excluding carboxylic acids is 3. The lowest BCUT2D eigenvalue weighted by molar-refractivity contribution is 0.0528. The average molecular weight is 476 g/mol. The predicted octanol–water partition coefficient (Wildman–Crippen LogP) is 6.32. The standard InChI is InChI=1S/C28H29NO4S/c1-3-5-6-7-10-21-19-15-13-18(17-34)14-16-20(19)24(28(32)33-4-2)25(21)29-26(30)22-11-8-9-12-23(22)27(29)31/h8-9,11-16,34H,3-7,10,17H2,1-2H3. The quantitative estimate of drug-likeness (QED) is 0.170. The number of unbranched alkanes of at least 4 members (excludes halogenated alkanes) is 3. The molecule has 1 aliphatic heterocycles. The van der Waals surface area contributed by atoms with Crippen molar-refractivity contribution in [1.29, 1.82) is 0 Å². The molecule has 0 N–H and O–H groups in total. The number of fused-ring (bicyclic) bond motifs is 2. The molecule has 3 aliphatic rings. The third kappa shape index (κ3) is 4.23. The van der Waals surface area contributed by atoms with E-state index in [1.54, 1.807) is 31.2 Å². The molecule has 176 valence electrons. The fourth-order valence-electron chi connectivity index (χ4n) is 4.64. The largest absolute Gasteiger partial charge is 0.462 e. The smallest absolute Gasteiger partial charge is 0.340 e. The molecule has 6 heteroatoms. The highest BCUT2D eigenvalue weighted by molar-refractivity contribution is 7.79. The molecule has 5 nitrogen and oxygen atoms in total. The van der Waals surface area contributed by atoms with Crippen LogP contribution in [-0.2, 0) is 16.9 Å². The van der Waals surface area contributed by atoms with Gasteiger partial charge in [-0.3, -0.25) is 9.59 Å². The molecule has 0 saturated heterocycles. The summed E-state index contributed by atoms with van der Waals surface area (Å²) in [6.45, 7) is 4.09. The maximum absolute atomic E-state index is 13.5. The van der Waals surface area contributed by atoms with E-state index < -0.39 is 17.8 Å². The van der Waals surface area contributed by atoms with Crippen molar-refractivity contribution in [3.8, 4) is 11.1 Å². The molecule has 0 atom stereocenters. The van der Waals surface area contributed by atoms with Gasteiger partial charge in [-0.1, -0.05) is 62.6 Å². The summed E-state index contributed by atoms with van der Waals surface area (Å²) >= 11 is 4.39. The van der Waals surface area contributed by atoms with Crippen LogP contribution in [0.2, 0.25) is 0 Å². The first-order valence-corrected chi connectivity index (χ1v) is 12.5. The molecule has 2 aliphatic carbocycles. The lowest BCUT2D eigenvalue weighted by atomic mass is 10.0. The minimum atomic E-state index is -0.530. The minimum Gasteiger partial charge on any atom is -0.462 e. The van der Waals surface area contributed by atoms with Crippen LogP contribution in [0.4, 0.5) is 5.69 Å². The zero-order chi connectivity index (χ0) is 24.2. The first kappa shape index (κ1) is 24.0. The number of benzene rings is 1. The van der Waals surface area contributed by atoms with E-state index in [-0.39, 0.29) is 12.2 Å². The second kappa shape index (κ2) is 10.4. The van der Waals surface area contributed by atoms with Gasteiger partial charge in [0.15, 0.2) is 0 Å². The molecule has 0 unspecified atom stereocenters. The Balaban J connectivity index is 1.97. The zero-order valence-corrected chi connectivity index (χ0v) is 20.5. The van der Waals surface area contributed by atoms with Gasteiger partial charge in [0.1, 0.15) is 0 Å². The highest BCUT2D eigenvalue weighted by Crippen LogP contribution is 2.46. The maximum atomic E-state index is 13.5. The van der Waals surface area contributed by atoms with Crippen LogP contribution < -0.4 is 4.90 Å². The summed E-state index contributed by atoms with van der Waals surface area (Å²) in [6, 6.07) is 14.5. The summed E-state index contributed by atoms with van der Waals surface area (Å²) in [4.78, 5) is 41.4. The summed E-state index contributed by atoms with van der Waals surface area (Å²) < 4.78 is 5.42. The molecule has 34 heavy (non-hydrogen) atoms. The number of ether oxygens (including phenoxy) is 1. The molecular formula is C28H29NO4S. The minimum absolute atomic E-state index is 0.194. The van der Waals surface area contributed by atoms with E-state index in [0.29, 0.717) is 34.6 Å². The van der Waals surface area contributed by atoms with Gasteiger partial charge in [0.05, 0.1) is 29.0 Å². The third-order valence-corrected chi connectivity index (χ3v) is 6.66. The van der Waals surface area contributed by atoms with Crippen molar-refractivity contribution in [2.24, 2.45) is 0 Å². The van der Waals surface area contributed by atoms with Gasteiger partial charge in [0.2, 0.25) is 0 Å². The molecule has 1 heterocycles. The number of hydrogen-bond donors (Lipinski definition) is 1. The highest BCUT2D eigenvalue weighted by Gasteiger charge is 2.42. The lowest BCUT2D eigenvalue weighted by Crippen LogP contribution is -2.31. The number of imide groups is 1. The molecule has 0 bridgehead atoms. The molecule has 1 aromatic carbocycles. The number of nitrogens with zero attached hydrogens (tertiary/aromatic N) is 1. The SMILES string of the molecule is CCCCCCc1c2ccc(CS)ccc-2c(C(=O)OCC)c1N1C(=O)c2ccccc2C1=O. The Labute approximate surface area is 205 Å². The Hall–Kier alpha value is -3.12. The summed E-state index contributed by atoms with van der Waals surface area (Å²) in [5.41, 5.74) is 4.74. The van der Waals surface area contributed by atoms with Gasteiger partial charge in [-0.25, -0.2) is 9.69 Å². The topological polar surface area (TPSA) is 63.7 Å². The Bertz CT molecular complexity index is 1180. The van der Waals surface area contributed by atoms with Crippen molar-refractivity contribution in [3.05, 3.63) is 76.3 Å². The maximum Gasteiger partial charge on any atom is 0.340 e. The second-order valence-electron chi connectivity index (χ2n) is 8.45.